The second-order valence-corrected chi connectivity index (χ2v) is 4.11. The van der Waals surface area contributed by atoms with Gasteiger partial charge in [-0.3, -0.25) is 9.59 Å². The van der Waals surface area contributed by atoms with Crippen molar-refractivity contribution in [2.45, 2.75) is 26.2 Å². The molecule has 1 fully saturated rings. The molecule has 1 saturated heterocycles. The van der Waals surface area contributed by atoms with Crippen molar-refractivity contribution < 1.29 is 9.59 Å². The highest BCUT2D eigenvalue weighted by Gasteiger charge is 2.19. The SMILES string of the molecule is CC(=O)c1cccc(N2CCCCC2=O)c1. The smallest absolute Gasteiger partial charge is 0.226 e. The van der Waals surface area contributed by atoms with Gasteiger partial charge in [0.15, 0.2) is 5.78 Å². The van der Waals surface area contributed by atoms with E-state index in [1.54, 1.807) is 17.0 Å². The van der Waals surface area contributed by atoms with E-state index in [-0.39, 0.29) is 11.7 Å². The number of hydrogen-bond acceptors (Lipinski definition) is 2. The molecule has 84 valence electrons. The Morgan fingerprint density at radius 3 is 2.81 bits per heavy atom. The second-order valence-electron chi connectivity index (χ2n) is 4.11. The van der Waals surface area contributed by atoms with E-state index in [9.17, 15) is 9.59 Å². The molecule has 3 nitrogen and oxygen atoms in total. The Morgan fingerprint density at radius 2 is 2.12 bits per heavy atom. The number of anilines is 1. The zero-order chi connectivity index (χ0) is 11.5. The van der Waals surface area contributed by atoms with Gasteiger partial charge in [0.05, 0.1) is 0 Å². The van der Waals surface area contributed by atoms with Gasteiger partial charge in [-0.05, 0) is 31.9 Å². The number of hydrogen-bond donors (Lipinski definition) is 0. The Hall–Kier alpha value is -1.64. The van der Waals surface area contributed by atoms with Crippen molar-refractivity contribution in [1.29, 1.82) is 0 Å². The van der Waals surface area contributed by atoms with Crippen LogP contribution in [0.1, 0.15) is 36.5 Å². The number of ketones is 1. The standard InChI is InChI=1S/C13H15NO2/c1-10(15)11-5-4-6-12(9-11)14-8-3-2-7-13(14)16/h4-6,9H,2-3,7-8H2,1H3. The van der Waals surface area contributed by atoms with Crippen LogP contribution in [0.25, 0.3) is 0 Å². The van der Waals surface area contributed by atoms with Crippen molar-refractivity contribution in [1.82, 2.24) is 0 Å². The number of nitrogens with zero attached hydrogens (tertiary/aromatic N) is 1. The molecule has 2 rings (SSSR count). The lowest BCUT2D eigenvalue weighted by molar-refractivity contribution is -0.119. The van der Waals surface area contributed by atoms with Gasteiger partial charge in [0, 0.05) is 24.2 Å². The van der Waals surface area contributed by atoms with Gasteiger partial charge >= 0.3 is 0 Å². The van der Waals surface area contributed by atoms with E-state index in [2.05, 4.69) is 0 Å². The topological polar surface area (TPSA) is 37.4 Å². The van der Waals surface area contributed by atoms with Gasteiger partial charge in [-0.1, -0.05) is 12.1 Å². The van der Waals surface area contributed by atoms with Crippen molar-refractivity contribution in [2.75, 3.05) is 11.4 Å². The zero-order valence-electron chi connectivity index (χ0n) is 9.40. The van der Waals surface area contributed by atoms with Gasteiger partial charge in [0.1, 0.15) is 0 Å². The van der Waals surface area contributed by atoms with Gasteiger partial charge in [-0.25, -0.2) is 0 Å². The first kappa shape index (κ1) is 10.9. The number of carbonyl (C=O) groups is 2. The highest BCUT2D eigenvalue weighted by molar-refractivity contribution is 5.98. The van der Waals surface area contributed by atoms with Crippen LogP contribution >= 0.6 is 0 Å². The van der Waals surface area contributed by atoms with Crippen molar-refractivity contribution in [3.63, 3.8) is 0 Å². The lowest BCUT2D eigenvalue weighted by Crippen LogP contribution is -2.35. The van der Waals surface area contributed by atoms with Crippen LogP contribution in [-0.4, -0.2) is 18.2 Å². The summed E-state index contributed by atoms with van der Waals surface area (Å²) in [5.41, 5.74) is 1.51. The Morgan fingerprint density at radius 1 is 1.31 bits per heavy atom. The molecule has 0 spiro atoms. The quantitative estimate of drug-likeness (QED) is 0.713. The fourth-order valence-electron chi connectivity index (χ4n) is 1.97. The molecule has 1 heterocycles. The van der Waals surface area contributed by atoms with Gasteiger partial charge in [0.25, 0.3) is 0 Å². The molecule has 0 radical (unpaired) electrons. The number of carbonyl (C=O) groups excluding carboxylic acids is 2. The molecule has 1 aliphatic rings. The van der Waals surface area contributed by atoms with Gasteiger partial charge in [0.2, 0.25) is 5.91 Å². The highest BCUT2D eigenvalue weighted by atomic mass is 16.2. The molecular formula is C13H15NO2. The van der Waals surface area contributed by atoms with Crippen LogP contribution in [0.4, 0.5) is 5.69 Å². The third-order valence-electron chi connectivity index (χ3n) is 2.89. The molecule has 0 atom stereocenters. The molecule has 16 heavy (non-hydrogen) atoms. The van der Waals surface area contributed by atoms with Crippen LogP contribution < -0.4 is 4.90 Å². The second kappa shape index (κ2) is 4.47. The van der Waals surface area contributed by atoms with E-state index < -0.39 is 0 Å². The fourth-order valence-corrected chi connectivity index (χ4v) is 1.97. The van der Waals surface area contributed by atoms with Gasteiger partial charge in [-0.2, -0.15) is 0 Å². The van der Waals surface area contributed by atoms with E-state index in [0.29, 0.717) is 12.0 Å². The molecule has 1 aromatic carbocycles. The lowest BCUT2D eigenvalue weighted by atomic mass is 10.1. The average Bonchev–Trinajstić information content (AvgIpc) is 2.30. The van der Waals surface area contributed by atoms with Gasteiger partial charge < -0.3 is 4.90 Å². The van der Waals surface area contributed by atoms with E-state index in [4.69, 9.17) is 0 Å². The number of Topliss-reactive ketones (excluding diaryl/α,β-unsaturated/α-hetero) is 1. The summed E-state index contributed by atoms with van der Waals surface area (Å²) >= 11 is 0. The molecule has 1 aliphatic heterocycles. The number of piperidine rings is 1. The Balaban J connectivity index is 2.28. The first-order valence-electron chi connectivity index (χ1n) is 5.60. The molecular weight excluding hydrogens is 202 g/mol. The summed E-state index contributed by atoms with van der Waals surface area (Å²) in [5, 5.41) is 0. The maximum Gasteiger partial charge on any atom is 0.226 e. The maximum absolute atomic E-state index is 11.7. The van der Waals surface area contributed by atoms with Crippen molar-refractivity contribution in [2.24, 2.45) is 0 Å². The van der Waals surface area contributed by atoms with Crippen LogP contribution in [0, 0.1) is 0 Å². The number of amides is 1. The number of benzene rings is 1. The number of rotatable bonds is 2. The minimum Gasteiger partial charge on any atom is -0.312 e. The van der Waals surface area contributed by atoms with Crippen molar-refractivity contribution in [3.05, 3.63) is 29.8 Å². The van der Waals surface area contributed by atoms with E-state index in [1.165, 1.54) is 6.92 Å². The van der Waals surface area contributed by atoms with Crippen LogP contribution in [0.2, 0.25) is 0 Å². The first-order valence-corrected chi connectivity index (χ1v) is 5.60. The normalized spacial score (nSPS) is 16.3. The Labute approximate surface area is 95.1 Å². The van der Waals surface area contributed by atoms with Crippen LogP contribution in [0.15, 0.2) is 24.3 Å². The predicted molar refractivity (Wildman–Crippen MR) is 62.7 cm³/mol. The molecule has 0 aromatic heterocycles. The van der Waals surface area contributed by atoms with E-state index in [1.807, 2.05) is 12.1 Å². The molecule has 1 amide bonds. The molecule has 0 bridgehead atoms. The summed E-state index contributed by atoms with van der Waals surface area (Å²) in [6, 6.07) is 7.29. The van der Waals surface area contributed by atoms with Crippen molar-refractivity contribution >= 4 is 17.4 Å². The van der Waals surface area contributed by atoms with Gasteiger partial charge in [-0.15, -0.1) is 0 Å². The van der Waals surface area contributed by atoms with Crippen LogP contribution in [0.5, 0.6) is 0 Å². The fraction of sp³-hybridized carbons (Fsp3) is 0.385. The van der Waals surface area contributed by atoms with Crippen molar-refractivity contribution in [3.8, 4) is 0 Å². The molecule has 0 N–H and O–H groups in total. The molecule has 1 aromatic rings. The largest absolute Gasteiger partial charge is 0.312 e. The molecule has 0 saturated carbocycles. The Bertz CT molecular complexity index is 426. The highest BCUT2D eigenvalue weighted by Crippen LogP contribution is 2.21. The summed E-state index contributed by atoms with van der Waals surface area (Å²) < 4.78 is 0. The third kappa shape index (κ3) is 2.13. The Kier molecular flexibility index (Phi) is 3.04. The monoisotopic (exact) mass is 217 g/mol. The molecule has 0 aliphatic carbocycles. The summed E-state index contributed by atoms with van der Waals surface area (Å²) in [6.07, 6.45) is 2.63. The van der Waals surface area contributed by atoms with Crippen LogP contribution in [0.3, 0.4) is 0 Å². The van der Waals surface area contributed by atoms with E-state index >= 15 is 0 Å². The van der Waals surface area contributed by atoms with Crippen LogP contribution in [-0.2, 0) is 4.79 Å². The maximum atomic E-state index is 11.7. The average molecular weight is 217 g/mol. The summed E-state index contributed by atoms with van der Waals surface area (Å²) in [5.74, 6) is 0.193. The minimum absolute atomic E-state index is 0.0336. The lowest BCUT2D eigenvalue weighted by Gasteiger charge is -2.27. The van der Waals surface area contributed by atoms with E-state index in [0.717, 1.165) is 25.1 Å². The zero-order valence-corrected chi connectivity index (χ0v) is 9.40. The first-order chi connectivity index (χ1) is 7.68. The molecule has 3 heteroatoms. The summed E-state index contributed by atoms with van der Waals surface area (Å²) in [4.78, 5) is 24.7. The summed E-state index contributed by atoms with van der Waals surface area (Å²) in [7, 11) is 0. The molecule has 0 unspecified atom stereocenters. The predicted octanol–water partition coefficient (Wildman–Crippen LogP) is 2.41. The minimum atomic E-state index is 0.0336. The third-order valence-corrected chi connectivity index (χ3v) is 2.89. The summed E-state index contributed by atoms with van der Waals surface area (Å²) in [6.45, 7) is 2.30.